The summed E-state index contributed by atoms with van der Waals surface area (Å²) in [5.41, 5.74) is 1.77. The number of nitrogens with one attached hydrogen (secondary N) is 1. The molecule has 1 aliphatic heterocycles. The standard InChI is InChI=1S/C23H28ClN3O4S/c1-17-11-12-18(24)15-21(17)27(32(2,30)31)16-22(28)25-20-10-6-5-9-19(20)23(29)26-13-7-3-4-8-14-26/h5-6,9-12,15H,3-4,7-8,13-14,16H2,1-2H3,(H,25,28). The highest BCUT2D eigenvalue weighted by atomic mass is 35.5. The molecule has 0 aliphatic carbocycles. The maximum absolute atomic E-state index is 13.1. The number of sulfonamides is 1. The smallest absolute Gasteiger partial charge is 0.255 e. The van der Waals surface area contributed by atoms with Crippen molar-refractivity contribution in [3.63, 3.8) is 0 Å². The van der Waals surface area contributed by atoms with E-state index < -0.39 is 22.5 Å². The summed E-state index contributed by atoms with van der Waals surface area (Å²) >= 11 is 6.05. The number of benzene rings is 2. The van der Waals surface area contributed by atoms with Crippen molar-refractivity contribution in [3.8, 4) is 0 Å². The molecule has 172 valence electrons. The average molecular weight is 478 g/mol. The molecule has 9 heteroatoms. The lowest BCUT2D eigenvalue weighted by atomic mass is 10.1. The van der Waals surface area contributed by atoms with E-state index in [9.17, 15) is 18.0 Å². The van der Waals surface area contributed by atoms with Crippen LogP contribution in [0.4, 0.5) is 11.4 Å². The van der Waals surface area contributed by atoms with Gasteiger partial charge in [-0.3, -0.25) is 13.9 Å². The number of hydrogen-bond acceptors (Lipinski definition) is 4. The van der Waals surface area contributed by atoms with Gasteiger partial charge in [-0.15, -0.1) is 0 Å². The van der Waals surface area contributed by atoms with Gasteiger partial charge in [0.15, 0.2) is 0 Å². The van der Waals surface area contributed by atoms with Crippen molar-refractivity contribution >= 4 is 44.8 Å². The number of amides is 2. The molecule has 32 heavy (non-hydrogen) atoms. The second-order valence-electron chi connectivity index (χ2n) is 8.00. The molecule has 0 radical (unpaired) electrons. The first-order valence-corrected chi connectivity index (χ1v) is 12.8. The van der Waals surface area contributed by atoms with Gasteiger partial charge < -0.3 is 10.2 Å². The Kier molecular flexibility index (Phi) is 7.79. The molecule has 0 saturated carbocycles. The largest absolute Gasteiger partial charge is 0.339 e. The van der Waals surface area contributed by atoms with E-state index in [4.69, 9.17) is 11.6 Å². The molecule has 0 unspecified atom stereocenters. The van der Waals surface area contributed by atoms with Crippen LogP contribution < -0.4 is 9.62 Å². The molecule has 2 aromatic carbocycles. The summed E-state index contributed by atoms with van der Waals surface area (Å²) in [5.74, 6) is -0.681. The average Bonchev–Trinajstić information content (AvgIpc) is 3.03. The van der Waals surface area contributed by atoms with Crippen LogP contribution in [-0.2, 0) is 14.8 Å². The summed E-state index contributed by atoms with van der Waals surface area (Å²) in [6.45, 7) is 2.69. The van der Waals surface area contributed by atoms with E-state index in [0.29, 0.717) is 40.6 Å². The molecule has 0 bridgehead atoms. The van der Waals surface area contributed by atoms with Gasteiger partial charge in [-0.05, 0) is 49.6 Å². The molecule has 0 spiro atoms. The van der Waals surface area contributed by atoms with Crippen molar-refractivity contribution < 1.29 is 18.0 Å². The van der Waals surface area contributed by atoms with Crippen molar-refractivity contribution in [3.05, 3.63) is 58.6 Å². The summed E-state index contributed by atoms with van der Waals surface area (Å²) in [6.07, 6.45) is 5.17. The number of carbonyl (C=O) groups excluding carboxylic acids is 2. The minimum absolute atomic E-state index is 0.131. The normalized spacial score (nSPS) is 14.5. The quantitative estimate of drug-likeness (QED) is 0.679. The summed E-state index contributed by atoms with van der Waals surface area (Å²) in [6, 6.07) is 11.7. The molecule has 0 aromatic heterocycles. The van der Waals surface area contributed by atoms with Crippen LogP contribution in [0.5, 0.6) is 0 Å². The van der Waals surface area contributed by atoms with Gasteiger partial charge in [0.25, 0.3) is 5.91 Å². The van der Waals surface area contributed by atoms with Crippen LogP contribution >= 0.6 is 11.6 Å². The van der Waals surface area contributed by atoms with Gasteiger partial charge in [0, 0.05) is 18.1 Å². The number of halogens is 1. The number of rotatable bonds is 6. The molecule has 2 aromatic rings. The van der Waals surface area contributed by atoms with Crippen molar-refractivity contribution in [1.29, 1.82) is 0 Å². The Morgan fingerprint density at radius 1 is 1.06 bits per heavy atom. The molecule has 3 rings (SSSR count). The van der Waals surface area contributed by atoms with E-state index in [0.717, 1.165) is 36.2 Å². The van der Waals surface area contributed by atoms with Gasteiger partial charge in [-0.2, -0.15) is 0 Å². The van der Waals surface area contributed by atoms with Crippen LogP contribution in [0.2, 0.25) is 5.02 Å². The fourth-order valence-corrected chi connectivity index (χ4v) is 4.85. The fourth-order valence-electron chi connectivity index (χ4n) is 3.78. The van der Waals surface area contributed by atoms with Crippen molar-refractivity contribution in [1.82, 2.24) is 4.90 Å². The van der Waals surface area contributed by atoms with Crippen molar-refractivity contribution in [2.24, 2.45) is 0 Å². The van der Waals surface area contributed by atoms with Gasteiger partial charge in [-0.1, -0.05) is 42.6 Å². The van der Waals surface area contributed by atoms with Crippen molar-refractivity contribution in [2.45, 2.75) is 32.6 Å². The first kappa shape index (κ1) is 24.1. The Morgan fingerprint density at radius 2 is 1.72 bits per heavy atom. The first-order valence-electron chi connectivity index (χ1n) is 10.6. The molecular weight excluding hydrogens is 450 g/mol. The third kappa shape index (κ3) is 6.01. The maximum atomic E-state index is 13.1. The van der Waals surface area contributed by atoms with Gasteiger partial charge in [0.05, 0.1) is 23.2 Å². The van der Waals surface area contributed by atoms with Gasteiger partial charge in [-0.25, -0.2) is 8.42 Å². The molecule has 1 heterocycles. The van der Waals surface area contributed by atoms with E-state index in [1.807, 2.05) is 4.90 Å². The maximum Gasteiger partial charge on any atom is 0.255 e. The molecule has 2 amide bonds. The lowest BCUT2D eigenvalue weighted by Gasteiger charge is -2.25. The Bertz CT molecular complexity index is 1100. The Hall–Kier alpha value is -2.58. The van der Waals surface area contributed by atoms with Gasteiger partial charge >= 0.3 is 0 Å². The first-order chi connectivity index (χ1) is 15.2. The highest BCUT2D eigenvalue weighted by Gasteiger charge is 2.25. The van der Waals surface area contributed by atoms with E-state index >= 15 is 0 Å². The number of aryl methyl sites for hydroxylation is 1. The van der Waals surface area contributed by atoms with Gasteiger partial charge in [0.1, 0.15) is 6.54 Å². The topological polar surface area (TPSA) is 86.8 Å². The molecule has 7 nitrogen and oxygen atoms in total. The van der Waals surface area contributed by atoms with E-state index in [2.05, 4.69) is 5.32 Å². The highest BCUT2D eigenvalue weighted by molar-refractivity contribution is 7.92. The zero-order valence-corrected chi connectivity index (χ0v) is 19.9. The number of para-hydroxylation sites is 1. The molecule has 1 aliphatic rings. The highest BCUT2D eigenvalue weighted by Crippen LogP contribution is 2.26. The predicted molar refractivity (Wildman–Crippen MR) is 128 cm³/mol. The van der Waals surface area contributed by atoms with Crippen LogP contribution in [0.25, 0.3) is 0 Å². The van der Waals surface area contributed by atoms with Crippen LogP contribution in [0.15, 0.2) is 42.5 Å². The number of carbonyl (C=O) groups is 2. The lowest BCUT2D eigenvalue weighted by molar-refractivity contribution is -0.114. The van der Waals surface area contributed by atoms with Crippen LogP contribution in [0.1, 0.15) is 41.6 Å². The molecule has 1 saturated heterocycles. The zero-order valence-electron chi connectivity index (χ0n) is 18.3. The SMILES string of the molecule is Cc1ccc(Cl)cc1N(CC(=O)Nc1ccccc1C(=O)N1CCCCCC1)S(C)(=O)=O. The molecular formula is C23H28ClN3O4S. The summed E-state index contributed by atoms with van der Waals surface area (Å²) in [7, 11) is -3.75. The Balaban J connectivity index is 1.82. The second-order valence-corrected chi connectivity index (χ2v) is 10.3. The fraction of sp³-hybridized carbons (Fsp3) is 0.391. The van der Waals surface area contributed by atoms with Gasteiger partial charge in [0.2, 0.25) is 15.9 Å². The number of hydrogen-bond donors (Lipinski definition) is 1. The monoisotopic (exact) mass is 477 g/mol. The van der Waals surface area contributed by atoms with Crippen molar-refractivity contribution in [2.75, 3.05) is 35.5 Å². The Morgan fingerprint density at radius 3 is 2.38 bits per heavy atom. The van der Waals surface area contributed by atoms with E-state index in [1.54, 1.807) is 43.3 Å². The third-order valence-corrected chi connectivity index (χ3v) is 6.81. The van der Waals surface area contributed by atoms with Crippen LogP contribution in [-0.4, -0.2) is 51.0 Å². The summed E-state index contributed by atoms with van der Waals surface area (Å²) in [5, 5.41) is 3.10. The Labute approximate surface area is 194 Å². The molecule has 1 fully saturated rings. The minimum Gasteiger partial charge on any atom is -0.339 e. The number of likely N-dealkylation sites (tertiary alicyclic amines) is 1. The number of nitrogens with zero attached hydrogens (tertiary/aromatic N) is 2. The summed E-state index contributed by atoms with van der Waals surface area (Å²) in [4.78, 5) is 27.8. The van der Waals surface area contributed by atoms with Crippen LogP contribution in [0.3, 0.4) is 0 Å². The predicted octanol–water partition coefficient (Wildman–Crippen LogP) is 4.07. The van der Waals surface area contributed by atoms with E-state index in [-0.39, 0.29) is 5.91 Å². The molecule has 1 N–H and O–H groups in total. The third-order valence-electron chi connectivity index (χ3n) is 5.45. The summed E-state index contributed by atoms with van der Waals surface area (Å²) < 4.78 is 25.9. The van der Waals surface area contributed by atoms with E-state index in [1.165, 1.54) is 6.07 Å². The lowest BCUT2D eigenvalue weighted by Crippen LogP contribution is -2.38. The second kappa shape index (κ2) is 10.4. The number of anilines is 2. The van der Waals surface area contributed by atoms with Crippen LogP contribution in [0, 0.1) is 6.92 Å². The minimum atomic E-state index is -3.75. The zero-order chi connectivity index (χ0) is 23.3. The molecule has 0 atom stereocenters.